The number of hydrogen-bond acceptors (Lipinski definition) is 5. The fraction of sp³-hybridized carbons (Fsp3) is 0.357. The molecular formula is C28H30FN3O2. The van der Waals surface area contributed by atoms with E-state index in [0.29, 0.717) is 18.1 Å². The summed E-state index contributed by atoms with van der Waals surface area (Å²) in [7, 11) is 3.73. The van der Waals surface area contributed by atoms with Crippen LogP contribution in [0.5, 0.6) is 5.88 Å². The third-order valence-corrected chi connectivity index (χ3v) is 6.82. The number of rotatable bonds is 7. The van der Waals surface area contributed by atoms with Gasteiger partial charge in [-0.2, -0.15) is 5.26 Å². The van der Waals surface area contributed by atoms with Crippen molar-refractivity contribution in [3.8, 4) is 23.2 Å². The van der Waals surface area contributed by atoms with Gasteiger partial charge in [-0.05, 0) is 81.4 Å². The van der Waals surface area contributed by atoms with Gasteiger partial charge >= 0.3 is 0 Å². The van der Waals surface area contributed by atoms with Crippen LogP contribution in [0.1, 0.15) is 42.6 Å². The SMILES string of the molecule is COc1cc(C(C)OCC2(c3ccc(F)cc3)CCN(C)CC2)cc(-c2ccc(C#N)cc2)n1. The zero-order valence-corrected chi connectivity index (χ0v) is 19.9. The first-order valence-corrected chi connectivity index (χ1v) is 11.6. The van der Waals surface area contributed by atoms with Gasteiger partial charge in [-0.1, -0.05) is 24.3 Å². The van der Waals surface area contributed by atoms with E-state index < -0.39 is 0 Å². The third-order valence-electron chi connectivity index (χ3n) is 6.82. The van der Waals surface area contributed by atoms with E-state index in [4.69, 9.17) is 14.7 Å². The molecule has 1 unspecified atom stereocenters. The molecule has 3 aromatic rings. The maximum Gasteiger partial charge on any atom is 0.213 e. The van der Waals surface area contributed by atoms with Crippen LogP contribution in [0.3, 0.4) is 0 Å². The van der Waals surface area contributed by atoms with Crippen LogP contribution in [-0.4, -0.2) is 43.7 Å². The molecule has 0 spiro atoms. The highest BCUT2D eigenvalue weighted by Crippen LogP contribution is 2.37. The number of hydrogen-bond donors (Lipinski definition) is 0. The monoisotopic (exact) mass is 459 g/mol. The zero-order valence-electron chi connectivity index (χ0n) is 19.9. The normalized spacial score (nSPS) is 16.6. The Bertz CT molecular complexity index is 1150. The molecule has 34 heavy (non-hydrogen) atoms. The van der Waals surface area contributed by atoms with Crippen molar-refractivity contribution < 1.29 is 13.9 Å². The minimum absolute atomic E-state index is 0.151. The fourth-order valence-electron chi connectivity index (χ4n) is 4.48. The summed E-state index contributed by atoms with van der Waals surface area (Å²) in [6.45, 7) is 4.52. The summed E-state index contributed by atoms with van der Waals surface area (Å²) in [5.41, 5.74) is 4.22. The molecule has 0 bridgehead atoms. The van der Waals surface area contributed by atoms with Crippen LogP contribution in [0, 0.1) is 17.1 Å². The number of pyridine rings is 1. The predicted molar refractivity (Wildman–Crippen MR) is 130 cm³/mol. The lowest BCUT2D eigenvalue weighted by Gasteiger charge is -2.41. The number of nitriles is 1. The van der Waals surface area contributed by atoms with E-state index in [0.717, 1.165) is 48.3 Å². The highest BCUT2D eigenvalue weighted by molar-refractivity contribution is 5.62. The second kappa shape index (κ2) is 10.3. The summed E-state index contributed by atoms with van der Waals surface area (Å²) < 4.78 is 25.5. The number of benzene rings is 2. The quantitative estimate of drug-likeness (QED) is 0.466. The Morgan fingerprint density at radius 1 is 1.09 bits per heavy atom. The van der Waals surface area contributed by atoms with E-state index in [9.17, 15) is 4.39 Å². The van der Waals surface area contributed by atoms with Crippen LogP contribution in [0.2, 0.25) is 0 Å². The summed E-state index contributed by atoms with van der Waals surface area (Å²) in [4.78, 5) is 6.91. The summed E-state index contributed by atoms with van der Waals surface area (Å²) in [5.74, 6) is 0.292. The summed E-state index contributed by atoms with van der Waals surface area (Å²) in [6, 6.07) is 20.2. The van der Waals surface area contributed by atoms with Gasteiger partial charge in [0.15, 0.2) is 0 Å². The molecule has 1 saturated heterocycles. The van der Waals surface area contributed by atoms with Gasteiger partial charge in [-0.25, -0.2) is 9.37 Å². The first kappa shape index (κ1) is 23.9. The van der Waals surface area contributed by atoms with Crippen molar-refractivity contribution in [1.29, 1.82) is 5.26 Å². The Balaban J connectivity index is 1.57. The third kappa shape index (κ3) is 5.27. The lowest BCUT2D eigenvalue weighted by molar-refractivity contribution is 0.00632. The minimum Gasteiger partial charge on any atom is -0.481 e. The average Bonchev–Trinajstić information content (AvgIpc) is 2.88. The fourth-order valence-corrected chi connectivity index (χ4v) is 4.48. The Hall–Kier alpha value is -3.27. The number of aromatic nitrogens is 1. The summed E-state index contributed by atoms with van der Waals surface area (Å²) in [6.07, 6.45) is 1.72. The minimum atomic E-state index is -0.222. The highest BCUT2D eigenvalue weighted by atomic mass is 19.1. The van der Waals surface area contributed by atoms with Crippen LogP contribution in [0.15, 0.2) is 60.7 Å². The van der Waals surface area contributed by atoms with Crippen LogP contribution >= 0.6 is 0 Å². The molecule has 176 valence electrons. The van der Waals surface area contributed by atoms with Crippen molar-refractivity contribution in [2.24, 2.45) is 0 Å². The molecule has 2 aromatic carbocycles. The van der Waals surface area contributed by atoms with Crippen molar-refractivity contribution >= 4 is 0 Å². The van der Waals surface area contributed by atoms with Crippen molar-refractivity contribution in [3.05, 3.63) is 83.2 Å². The molecule has 0 N–H and O–H groups in total. The van der Waals surface area contributed by atoms with Gasteiger partial charge in [-0.15, -0.1) is 0 Å². The predicted octanol–water partition coefficient (Wildman–Crippen LogP) is 5.51. The molecule has 0 amide bonds. The second-order valence-corrected chi connectivity index (χ2v) is 9.06. The van der Waals surface area contributed by atoms with Crippen LogP contribution in [-0.2, 0) is 10.2 Å². The Kier molecular flexibility index (Phi) is 7.26. The molecule has 1 atom stereocenters. The number of methoxy groups -OCH3 is 1. The van der Waals surface area contributed by atoms with Gasteiger partial charge in [0.25, 0.3) is 0 Å². The number of likely N-dealkylation sites (tertiary alicyclic amines) is 1. The van der Waals surface area contributed by atoms with E-state index in [1.807, 2.05) is 43.3 Å². The number of nitrogens with zero attached hydrogens (tertiary/aromatic N) is 3. The van der Waals surface area contributed by atoms with E-state index in [1.165, 1.54) is 12.1 Å². The molecular weight excluding hydrogens is 429 g/mol. The molecule has 4 rings (SSSR count). The first-order valence-electron chi connectivity index (χ1n) is 11.6. The summed E-state index contributed by atoms with van der Waals surface area (Å²) >= 11 is 0. The van der Waals surface area contributed by atoms with Crippen molar-refractivity contribution in [2.45, 2.75) is 31.3 Å². The molecule has 1 fully saturated rings. The Labute approximate surface area is 200 Å². The number of piperidine rings is 1. The molecule has 6 heteroatoms. The number of halogens is 1. The van der Waals surface area contributed by atoms with E-state index in [-0.39, 0.29) is 17.3 Å². The van der Waals surface area contributed by atoms with Crippen LogP contribution < -0.4 is 4.74 Å². The van der Waals surface area contributed by atoms with Gasteiger partial charge in [0.2, 0.25) is 5.88 Å². The topological polar surface area (TPSA) is 58.4 Å². The van der Waals surface area contributed by atoms with Gasteiger partial charge < -0.3 is 14.4 Å². The Morgan fingerprint density at radius 2 is 1.76 bits per heavy atom. The molecule has 5 nitrogen and oxygen atoms in total. The molecule has 0 saturated carbocycles. The number of ether oxygens (including phenoxy) is 2. The molecule has 1 aliphatic rings. The van der Waals surface area contributed by atoms with Gasteiger partial charge in [0, 0.05) is 17.0 Å². The maximum absolute atomic E-state index is 13.6. The van der Waals surface area contributed by atoms with Crippen LogP contribution in [0.4, 0.5) is 4.39 Å². The average molecular weight is 460 g/mol. The van der Waals surface area contributed by atoms with Crippen molar-refractivity contribution in [2.75, 3.05) is 33.9 Å². The highest BCUT2D eigenvalue weighted by Gasteiger charge is 2.36. The Morgan fingerprint density at radius 3 is 2.38 bits per heavy atom. The summed E-state index contributed by atoms with van der Waals surface area (Å²) in [5, 5.41) is 9.07. The lowest BCUT2D eigenvalue weighted by Crippen LogP contribution is -2.44. The molecule has 1 aliphatic heterocycles. The maximum atomic E-state index is 13.6. The lowest BCUT2D eigenvalue weighted by atomic mass is 9.73. The van der Waals surface area contributed by atoms with E-state index >= 15 is 0 Å². The molecule has 0 aliphatic carbocycles. The van der Waals surface area contributed by atoms with Gasteiger partial charge in [-0.3, -0.25) is 0 Å². The van der Waals surface area contributed by atoms with Gasteiger partial charge in [0.05, 0.1) is 37.1 Å². The smallest absolute Gasteiger partial charge is 0.213 e. The molecule has 2 heterocycles. The van der Waals surface area contributed by atoms with Gasteiger partial charge in [0.1, 0.15) is 5.82 Å². The van der Waals surface area contributed by atoms with Crippen molar-refractivity contribution in [1.82, 2.24) is 9.88 Å². The van der Waals surface area contributed by atoms with Crippen LogP contribution in [0.25, 0.3) is 11.3 Å². The van der Waals surface area contributed by atoms with Crippen molar-refractivity contribution in [3.63, 3.8) is 0 Å². The molecule has 1 aromatic heterocycles. The zero-order chi connectivity index (χ0) is 24.1. The largest absolute Gasteiger partial charge is 0.481 e. The van der Waals surface area contributed by atoms with E-state index in [2.05, 4.69) is 23.0 Å². The molecule has 0 radical (unpaired) electrons. The van der Waals surface area contributed by atoms with E-state index in [1.54, 1.807) is 19.2 Å². The first-order chi connectivity index (χ1) is 16.4. The second-order valence-electron chi connectivity index (χ2n) is 9.06. The standard InChI is InChI=1S/C28H30FN3O2/c1-20(23-16-26(31-27(17-23)33-3)22-6-4-21(18-30)5-7-22)34-19-28(12-14-32(2)15-13-28)24-8-10-25(29)11-9-24/h4-11,16-17,20H,12-15,19H2,1-3H3.